The third-order valence-corrected chi connectivity index (χ3v) is 22.4. The molecule has 2 saturated heterocycles. The summed E-state index contributed by atoms with van der Waals surface area (Å²) in [6.07, 6.45) is 35.4. The Labute approximate surface area is 523 Å². The van der Waals surface area contributed by atoms with Gasteiger partial charge in [0.05, 0.1) is 17.3 Å². The fourth-order valence-corrected chi connectivity index (χ4v) is 14.6. The molecule has 1 atom stereocenters. The summed E-state index contributed by atoms with van der Waals surface area (Å²) in [4.78, 5) is 21.6. The van der Waals surface area contributed by atoms with E-state index in [9.17, 15) is 24.9 Å². The summed E-state index contributed by atoms with van der Waals surface area (Å²) in [6, 6.07) is 0.509. The molecule has 500 valence electrons. The summed E-state index contributed by atoms with van der Waals surface area (Å²) in [5.41, 5.74) is 10.2. The first-order chi connectivity index (χ1) is 39.2. The van der Waals surface area contributed by atoms with Crippen LogP contribution in [-0.4, -0.2) is 70.2 Å². The molecule has 8 rings (SSSR count). The molecular weight excluding hydrogens is 1040 g/mol. The van der Waals surface area contributed by atoms with E-state index >= 15 is 0 Å². The summed E-state index contributed by atoms with van der Waals surface area (Å²) in [5, 5.41) is 31.6. The maximum Gasteiger partial charge on any atom is 0.220 e. The largest absolute Gasteiger partial charge is 0.393 e. The zero-order chi connectivity index (χ0) is 63.7. The molecule has 6 saturated carbocycles. The third-order valence-electron chi connectivity index (χ3n) is 22.4. The molecule has 2 amide bonds. The molecule has 0 spiro atoms. The van der Waals surface area contributed by atoms with Crippen LogP contribution in [0.25, 0.3) is 0 Å². The summed E-state index contributed by atoms with van der Waals surface area (Å²) >= 11 is 0. The minimum Gasteiger partial charge on any atom is -0.393 e. The van der Waals surface area contributed by atoms with Gasteiger partial charge in [-0.1, -0.05) is 143 Å². The molecular formula is C75H149N3O6. The van der Waals surface area contributed by atoms with E-state index in [1.165, 1.54) is 135 Å². The van der Waals surface area contributed by atoms with Gasteiger partial charge in [-0.2, -0.15) is 0 Å². The summed E-state index contributed by atoms with van der Waals surface area (Å²) in [6.45, 7) is 45.4. The van der Waals surface area contributed by atoms with Gasteiger partial charge < -0.3 is 36.8 Å². The molecule has 8 aliphatic rings. The normalized spacial score (nSPS) is 30.7. The molecule has 0 aromatic rings. The fourth-order valence-electron chi connectivity index (χ4n) is 14.6. The second kappa shape index (κ2) is 43.5. The number of ether oxygens (including phenoxy) is 1. The van der Waals surface area contributed by atoms with E-state index in [0.717, 1.165) is 154 Å². The molecule has 2 heterocycles. The maximum absolute atomic E-state index is 10.9. The van der Waals surface area contributed by atoms with Gasteiger partial charge in [0, 0.05) is 38.1 Å². The fraction of sp³-hybridized carbons (Fsp3) is 0.973. The average Bonchev–Trinajstić information content (AvgIpc) is 3.47. The van der Waals surface area contributed by atoms with Crippen LogP contribution in [0, 0.1) is 107 Å². The predicted octanol–water partition coefficient (Wildman–Crippen LogP) is 18.6. The van der Waals surface area contributed by atoms with Crippen molar-refractivity contribution in [1.82, 2.24) is 5.32 Å². The Kier molecular flexibility index (Phi) is 41.8. The number of aliphatic hydroxyl groups excluding tert-OH is 1. The highest BCUT2D eigenvalue weighted by Crippen LogP contribution is 2.39. The molecule has 6 aliphatic carbocycles. The topological polar surface area (TPSA) is 168 Å². The van der Waals surface area contributed by atoms with E-state index in [4.69, 9.17) is 16.2 Å². The van der Waals surface area contributed by atoms with Gasteiger partial charge in [-0.05, 0) is 269 Å². The van der Waals surface area contributed by atoms with Crippen LogP contribution < -0.4 is 16.8 Å². The van der Waals surface area contributed by atoms with Crippen LogP contribution in [0.5, 0.6) is 0 Å². The number of carbonyl (C=O) groups excluding carboxylic acids is 2. The minimum absolute atomic E-state index is 0.00926. The number of hydrogen-bond donors (Lipinski definition) is 6. The maximum atomic E-state index is 10.9. The van der Waals surface area contributed by atoms with Crippen LogP contribution in [0.2, 0.25) is 0 Å². The molecule has 8 fully saturated rings. The quantitative estimate of drug-likeness (QED) is 0.127. The lowest BCUT2D eigenvalue weighted by Gasteiger charge is -2.37. The van der Waals surface area contributed by atoms with Gasteiger partial charge in [0.1, 0.15) is 0 Å². The first-order valence-corrected chi connectivity index (χ1v) is 36.3. The van der Waals surface area contributed by atoms with Crippen LogP contribution >= 0.6 is 0 Å². The predicted molar refractivity (Wildman–Crippen MR) is 361 cm³/mol. The van der Waals surface area contributed by atoms with Crippen molar-refractivity contribution in [3.05, 3.63) is 0 Å². The number of nitrogens with one attached hydrogen (secondary N) is 1. The lowest BCUT2D eigenvalue weighted by atomic mass is 9.72. The number of carbonyl (C=O) groups is 2. The smallest absolute Gasteiger partial charge is 0.220 e. The number of nitrogens with two attached hydrogens (primary N) is 2. The zero-order valence-corrected chi connectivity index (χ0v) is 59.4. The number of piperidine rings is 1. The molecule has 0 bridgehead atoms. The van der Waals surface area contributed by atoms with Crippen molar-refractivity contribution in [1.29, 1.82) is 0 Å². The lowest BCUT2D eigenvalue weighted by Crippen LogP contribution is -2.36. The molecule has 9 heteroatoms. The summed E-state index contributed by atoms with van der Waals surface area (Å²) < 4.78 is 5.25. The van der Waals surface area contributed by atoms with Crippen LogP contribution in [0.15, 0.2) is 0 Å². The third kappa shape index (κ3) is 36.4. The highest BCUT2D eigenvalue weighted by molar-refractivity contribution is 5.77. The van der Waals surface area contributed by atoms with E-state index in [0.29, 0.717) is 23.8 Å². The van der Waals surface area contributed by atoms with E-state index in [2.05, 4.69) is 116 Å². The second-order valence-corrected chi connectivity index (χ2v) is 32.3. The number of primary amides is 1. The SMILES string of the molecule is CC(C)C1CCC(=O)NC1.CC(C)C1CCC(C(C)(C)O)CC1.CC(C)C1CCC(C(N)=O)CC1.CC(C)C1CCC(C)(O)CC1.CC(C)C1CCC(N)CC1.CC(C)C1CCC(O)CC1.CC(C)C1CCCCC1.CC(C)C1CCOCC1. The zero-order valence-electron chi connectivity index (χ0n) is 59.4. The Morgan fingerprint density at radius 1 is 0.488 bits per heavy atom. The van der Waals surface area contributed by atoms with Crippen LogP contribution in [0.1, 0.15) is 318 Å². The van der Waals surface area contributed by atoms with Gasteiger partial charge in [0.25, 0.3) is 0 Å². The van der Waals surface area contributed by atoms with E-state index < -0.39 is 5.60 Å². The van der Waals surface area contributed by atoms with Crippen molar-refractivity contribution in [2.75, 3.05) is 19.8 Å². The van der Waals surface area contributed by atoms with Crippen molar-refractivity contribution < 1.29 is 29.6 Å². The Bertz CT molecular complexity index is 1520. The van der Waals surface area contributed by atoms with Gasteiger partial charge >= 0.3 is 0 Å². The molecule has 2 aliphatic heterocycles. The number of rotatable bonds is 10. The molecule has 0 aromatic heterocycles. The lowest BCUT2D eigenvalue weighted by molar-refractivity contribution is -0.123. The monoisotopic (exact) mass is 1190 g/mol. The molecule has 1 unspecified atom stereocenters. The van der Waals surface area contributed by atoms with Crippen molar-refractivity contribution in [2.24, 2.45) is 118 Å². The molecule has 8 N–H and O–H groups in total. The van der Waals surface area contributed by atoms with Gasteiger partial charge in [0.2, 0.25) is 11.8 Å². The van der Waals surface area contributed by atoms with Crippen molar-refractivity contribution >= 4 is 11.8 Å². The summed E-state index contributed by atoms with van der Waals surface area (Å²) in [5.74, 6) is 14.5. The van der Waals surface area contributed by atoms with Gasteiger partial charge in [-0.25, -0.2) is 0 Å². The van der Waals surface area contributed by atoms with Crippen LogP contribution in [-0.2, 0) is 14.3 Å². The van der Waals surface area contributed by atoms with Crippen LogP contribution in [0.4, 0.5) is 0 Å². The standard InChI is InChI=1S/C12H24O.C10H19NO.C10H20O.C9H19N.C9H18O.C9H18.C8H15NO.C8H16O/c1-9(2)10-5-7-11(8-6-10)12(3,4)13;1-7(2)8-3-5-9(6-4-8)10(11)12;1-8(2)9-4-6-10(3,11)7-5-9;2*1-7(2)8-3-5-9(10)6-4-8;1-8(2)9-6-4-3-5-7-9;1-6(2)7-3-4-8(10)9-5-7;1-7(2)8-3-5-9-6-4-8/h9-11,13H,5-8H2,1-4H3;7-9H,3-6H2,1-2H3,(H2,11,12);8-9,11H,4-7H2,1-3H3;7-9H,3-6,10H2,1-2H3;7-10H,3-6H2,1-2H3;8-9H,3-7H2,1-2H3;6-7H,3-5H2,1-2H3,(H,9,10);7-8H,3-6H2,1-2H3. The average molecular weight is 1190 g/mol. The highest BCUT2D eigenvalue weighted by atomic mass is 16.5. The van der Waals surface area contributed by atoms with Crippen molar-refractivity contribution in [2.45, 2.75) is 341 Å². The number of amides is 2. The van der Waals surface area contributed by atoms with Gasteiger partial charge in [-0.15, -0.1) is 0 Å². The number of aliphatic hydroxyl groups is 3. The first-order valence-electron chi connectivity index (χ1n) is 36.3. The van der Waals surface area contributed by atoms with Crippen molar-refractivity contribution in [3.8, 4) is 0 Å². The Morgan fingerprint density at radius 3 is 1.14 bits per heavy atom. The molecule has 0 radical (unpaired) electrons. The van der Waals surface area contributed by atoms with Crippen LogP contribution in [0.3, 0.4) is 0 Å². The van der Waals surface area contributed by atoms with E-state index in [1.54, 1.807) is 0 Å². The van der Waals surface area contributed by atoms with Gasteiger partial charge in [-0.3, -0.25) is 9.59 Å². The molecule has 0 aromatic carbocycles. The molecule has 84 heavy (non-hydrogen) atoms. The Balaban J connectivity index is 0.000000481. The number of hydrogen-bond acceptors (Lipinski definition) is 7. The van der Waals surface area contributed by atoms with Crippen molar-refractivity contribution in [3.63, 3.8) is 0 Å². The first kappa shape index (κ1) is 80.8. The molecule has 9 nitrogen and oxygen atoms in total. The highest BCUT2D eigenvalue weighted by Gasteiger charge is 2.33. The van der Waals surface area contributed by atoms with E-state index in [-0.39, 0.29) is 29.4 Å². The second-order valence-electron chi connectivity index (χ2n) is 32.3. The summed E-state index contributed by atoms with van der Waals surface area (Å²) in [7, 11) is 0. The van der Waals surface area contributed by atoms with Gasteiger partial charge in [0.15, 0.2) is 0 Å². The Hall–Kier alpha value is -1.26. The van der Waals surface area contributed by atoms with E-state index in [1.807, 2.05) is 20.8 Å². The Morgan fingerprint density at radius 2 is 0.821 bits per heavy atom. The minimum atomic E-state index is -0.456.